The van der Waals surface area contributed by atoms with Crippen LogP contribution in [0, 0.1) is 12.8 Å². The topological polar surface area (TPSA) is 52.6 Å². The van der Waals surface area contributed by atoms with Gasteiger partial charge in [-0.15, -0.1) is 11.3 Å². The molecule has 4 nitrogen and oxygen atoms in total. The number of thiophene rings is 1. The predicted molar refractivity (Wildman–Crippen MR) is 86.4 cm³/mol. The van der Waals surface area contributed by atoms with Crippen molar-refractivity contribution >= 4 is 17.2 Å². The van der Waals surface area contributed by atoms with Crippen LogP contribution in [-0.2, 0) is 11.3 Å². The Morgan fingerprint density at radius 1 is 1.43 bits per heavy atom. The minimum atomic E-state index is 0.0922. The predicted octanol–water partition coefficient (Wildman–Crippen LogP) is 2.16. The lowest BCUT2D eigenvalue weighted by molar-refractivity contribution is -0.122. The van der Waals surface area contributed by atoms with Crippen molar-refractivity contribution < 1.29 is 9.90 Å². The largest absolute Gasteiger partial charge is 0.396 e. The minimum absolute atomic E-state index is 0.0922. The zero-order valence-corrected chi connectivity index (χ0v) is 13.8. The molecule has 1 aliphatic rings. The van der Waals surface area contributed by atoms with E-state index >= 15 is 0 Å². The van der Waals surface area contributed by atoms with Crippen molar-refractivity contribution in [3.8, 4) is 0 Å². The molecule has 0 bridgehead atoms. The number of nitrogens with zero attached hydrogens (tertiary/aromatic N) is 1. The quantitative estimate of drug-likeness (QED) is 0.846. The van der Waals surface area contributed by atoms with Gasteiger partial charge in [0.1, 0.15) is 0 Å². The molecular formula is C16H26N2O2S. The third-order valence-electron chi connectivity index (χ3n) is 4.51. The van der Waals surface area contributed by atoms with Gasteiger partial charge in [0.2, 0.25) is 5.91 Å². The third kappa shape index (κ3) is 4.80. The van der Waals surface area contributed by atoms with Crippen molar-refractivity contribution in [3.05, 3.63) is 21.9 Å². The van der Waals surface area contributed by atoms with Crippen molar-refractivity contribution in [1.29, 1.82) is 0 Å². The van der Waals surface area contributed by atoms with Gasteiger partial charge in [0, 0.05) is 17.5 Å². The van der Waals surface area contributed by atoms with Gasteiger partial charge in [-0.2, -0.15) is 0 Å². The van der Waals surface area contributed by atoms with Crippen LogP contribution in [0.1, 0.15) is 36.1 Å². The van der Waals surface area contributed by atoms with Gasteiger partial charge in [-0.25, -0.2) is 0 Å². The van der Waals surface area contributed by atoms with Crippen molar-refractivity contribution in [2.24, 2.45) is 5.92 Å². The van der Waals surface area contributed by atoms with Crippen molar-refractivity contribution in [2.75, 3.05) is 20.2 Å². The number of nitrogens with one attached hydrogen (secondary N) is 1. The summed E-state index contributed by atoms with van der Waals surface area (Å²) in [5.41, 5.74) is 1.25. The van der Waals surface area contributed by atoms with Gasteiger partial charge < -0.3 is 10.4 Å². The molecule has 118 valence electrons. The number of hydrogen-bond acceptors (Lipinski definition) is 4. The van der Waals surface area contributed by atoms with Crippen LogP contribution in [-0.4, -0.2) is 42.2 Å². The minimum Gasteiger partial charge on any atom is -0.396 e. The summed E-state index contributed by atoms with van der Waals surface area (Å²) in [4.78, 5) is 15.4. The lowest BCUT2D eigenvalue weighted by atomic mass is 9.86. The fourth-order valence-electron chi connectivity index (χ4n) is 2.94. The Morgan fingerprint density at radius 2 is 2.14 bits per heavy atom. The molecule has 0 atom stereocenters. The van der Waals surface area contributed by atoms with Crippen LogP contribution < -0.4 is 5.32 Å². The average molecular weight is 310 g/mol. The molecular weight excluding hydrogens is 284 g/mol. The Balaban J connectivity index is 1.71. The van der Waals surface area contributed by atoms with Crippen molar-refractivity contribution in [1.82, 2.24) is 10.2 Å². The Morgan fingerprint density at radius 3 is 2.71 bits per heavy atom. The fraction of sp³-hybridized carbons (Fsp3) is 0.688. The second-order valence-electron chi connectivity index (χ2n) is 6.08. The maximum Gasteiger partial charge on any atom is 0.234 e. The number of carbonyl (C=O) groups excluding carboxylic acids is 1. The maximum absolute atomic E-state index is 12.0. The van der Waals surface area contributed by atoms with E-state index in [2.05, 4.69) is 28.6 Å². The van der Waals surface area contributed by atoms with Crippen LogP contribution in [0.25, 0.3) is 0 Å². The number of aliphatic hydroxyl groups is 1. The molecule has 1 amide bonds. The Labute approximate surface area is 131 Å². The SMILES string of the molecule is Cc1ccsc1CNC(=O)CN(C)C1CCC(CO)CC1. The zero-order valence-electron chi connectivity index (χ0n) is 13.0. The Bertz CT molecular complexity index is 453. The fourth-order valence-corrected chi connectivity index (χ4v) is 3.79. The zero-order chi connectivity index (χ0) is 15.2. The first-order valence-electron chi connectivity index (χ1n) is 7.71. The van der Waals surface area contributed by atoms with Gasteiger partial charge in [0.25, 0.3) is 0 Å². The molecule has 0 spiro atoms. The molecule has 5 heteroatoms. The molecule has 2 N–H and O–H groups in total. The maximum atomic E-state index is 12.0. The van der Waals surface area contributed by atoms with Gasteiger partial charge in [-0.3, -0.25) is 9.69 Å². The number of aryl methyl sites for hydroxylation is 1. The number of rotatable bonds is 6. The number of carbonyl (C=O) groups is 1. The molecule has 0 saturated heterocycles. The first kappa shape index (κ1) is 16.5. The molecule has 2 rings (SSSR count). The van der Waals surface area contributed by atoms with Crippen LogP contribution in [0.2, 0.25) is 0 Å². The van der Waals surface area contributed by atoms with E-state index < -0.39 is 0 Å². The number of aliphatic hydroxyl groups excluding tert-OH is 1. The first-order valence-corrected chi connectivity index (χ1v) is 8.59. The Kier molecular flexibility index (Phi) is 6.21. The van der Waals surface area contributed by atoms with Crippen LogP contribution in [0.15, 0.2) is 11.4 Å². The molecule has 1 heterocycles. The van der Waals surface area contributed by atoms with E-state index in [-0.39, 0.29) is 5.91 Å². The van der Waals surface area contributed by atoms with Crippen molar-refractivity contribution in [2.45, 2.75) is 45.2 Å². The summed E-state index contributed by atoms with van der Waals surface area (Å²) in [6, 6.07) is 2.56. The highest BCUT2D eigenvalue weighted by Gasteiger charge is 2.24. The monoisotopic (exact) mass is 310 g/mol. The normalized spacial score (nSPS) is 22.5. The summed E-state index contributed by atoms with van der Waals surface area (Å²) in [5.74, 6) is 0.555. The smallest absolute Gasteiger partial charge is 0.234 e. The van der Waals surface area contributed by atoms with E-state index in [0.29, 0.717) is 31.7 Å². The van der Waals surface area contributed by atoms with E-state index in [1.165, 1.54) is 10.4 Å². The summed E-state index contributed by atoms with van der Waals surface area (Å²) < 4.78 is 0. The van der Waals surface area contributed by atoms with E-state index in [0.717, 1.165) is 25.7 Å². The van der Waals surface area contributed by atoms with E-state index in [1.807, 2.05) is 7.05 Å². The molecule has 1 saturated carbocycles. The number of hydrogen-bond donors (Lipinski definition) is 2. The molecule has 0 unspecified atom stereocenters. The highest BCUT2D eigenvalue weighted by atomic mass is 32.1. The molecule has 1 aromatic heterocycles. The lowest BCUT2D eigenvalue weighted by Gasteiger charge is -2.33. The molecule has 0 radical (unpaired) electrons. The number of likely N-dealkylation sites (N-methyl/N-ethyl adjacent to an activating group) is 1. The first-order chi connectivity index (χ1) is 10.1. The van der Waals surface area contributed by atoms with Crippen LogP contribution >= 0.6 is 11.3 Å². The molecule has 1 aliphatic carbocycles. The van der Waals surface area contributed by atoms with Crippen molar-refractivity contribution in [3.63, 3.8) is 0 Å². The van der Waals surface area contributed by atoms with Gasteiger partial charge in [-0.1, -0.05) is 0 Å². The molecule has 1 aromatic rings. The average Bonchev–Trinajstić information content (AvgIpc) is 2.90. The van der Waals surface area contributed by atoms with Gasteiger partial charge >= 0.3 is 0 Å². The second kappa shape index (κ2) is 7.92. The highest BCUT2D eigenvalue weighted by Crippen LogP contribution is 2.26. The second-order valence-corrected chi connectivity index (χ2v) is 7.08. The Hall–Kier alpha value is -0.910. The highest BCUT2D eigenvalue weighted by molar-refractivity contribution is 7.10. The summed E-state index contributed by atoms with van der Waals surface area (Å²) in [6.45, 7) is 3.47. The van der Waals surface area contributed by atoms with Gasteiger partial charge in [0.05, 0.1) is 13.1 Å². The van der Waals surface area contributed by atoms with Gasteiger partial charge in [-0.05, 0) is 62.6 Å². The molecule has 21 heavy (non-hydrogen) atoms. The van der Waals surface area contributed by atoms with E-state index in [4.69, 9.17) is 5.11 Å². The lowest BCUT2D eigenvalue weighted by Crippen LogP contribution is -2.42. The van der Waals surface area contributed by atoms with Crippen LogP contribution in [0.3, 0.4) is 0 Å². The van der Waals surface area contributed by atoms with E-state index in [1.54, 1.807) is 11.3 Å². The standard InChI is InChI=1S/C16H26N2O2S/c1-12-7-8-21-15(12)9-17-16(20)10-18(2)14-5-3-13(11-19)4-6-14/h7-8,13-14,19H,3-6,9-11H2,1-2H3,(H,17,20). The summed E-state index contributed by atoms with van der Waals surface area (Å²) in [5, 5.41) is 14.2. The molecule has 1 fully saturated rings. The number of amides is 1. The molecule has 0 aromatic carbocycles. The van der Waals surface area contributed by atoms with Gasteiger partial charge in [0.15, 0.2) is 0 Å². The summed E-state index contributed by atoms with van der Waals surface area (Å²) in [6.07, 6.45) is 4.31. The van der Waals surface area contributed by atoms with E-state index in [9.17, 15) is 4.79 Å². The summed E-state index contributed by atoms with van der Waals surface area (Å²) >= 11 is 1.69. The van der Waals surface area contributed by atoms with Crippen LogP contribution in [0.5, 0.6) is 0 Å². The third-order valence-corrected chi connectivity index (χ3v) is 5.53. The molecule has 0 aliphatic heterocycles. The summed E-state index contributed by atoms with van der Waals surface area (Å²) in [7, 11) is 2.03. The van der Waals surface area contributed by atoms with Crippen LogP contribution in [0.4, 0.5) is 0 Å².